The number of hydrogen-bond acceptors (Lipinski definition) is 7. The number of para-hydroxylation sites is 1. The van der Waals surface area contributed by atoms with Crippen molar-refractivity contribution in [2.75, 3.05) is 6.61 Å². The Kier molecular flexibility index (Phi) is 8.58. The van der Waals surface area contributed by atoms with Crippen LogP contribution in [-0.2, 0) is 13.0 Å². The summed E-state index contributed by atoms with van der Waals surface area (Å²) in [6.45, 7) is 6.39. The molecule has 6 aromatic rings. The van der Waals surface area contributed by atoms with Crippen molar-refractivity contribution in [3.05, 3.63) is 135 Å². The van der Waals surface area contributed by atoms with Crippen LogP contribution in [-0.4, -0.2) is 22.5 Å². The maximum absolute atomic E-state index is 13.8. The molecule has 0 atom stereocenters. The molecule has 0 radical (unpaired) electrons. The van der Waals surface area contributed by atoms with Crippen molar-refractivity contribution in [1.82, 2.24) is 9.66 Å². The lowest BCUT2D eigenvalue weighted by Gasteiger charge is -2.17. The number of rotatable bonds is 10. The highest BCUT2D eigenvalue weighted by molar-refractivity contribution is 9.10. The van der Waals surface area contributed by atoms with E-state index in [0.29, 0.717) is 57.9 Å². The Balaban J connectivity index is 1.44. The van der Waals surface area contributed by atoms with E-state index in [1.807, 2.05) is 67.6 Å². The van der Waals surface area contributed by atoms with Crippen molar-refractivity contribution >= 4 is 44.0 Å². The zero-order valence-corrected chi connectivity index (χ0v) is 26.0. The summed E-state index contributed by atoms with van der Waals surface area (Å²) in [5.41, 5.74) is 3.68. The molecule has 0 N–H and O–H groups in total. The molecule has 9 heteroatoms. The van der Waals surface area contributed by atoms with Gasteiger partial charge in [-0.3, -0.25) is 4.79 Å². The van der Waals surface area contributed by atoms with Gasteiger partial charge in [0.25, 0.3) is 5.56 Å². The van der Waals surface area contributed by atoms with E-state index in [9.17, 15) is 10.1 Å². The van der Waals surface area contributed by atoms with Gasteiger partial charge in [0.05, 0.1) is 35.4 Å². The summed E-state index contributed by atoms with van der Waals surface area (Å²) in [6.07, 6.45) is 3.86. The zero-order chi connectivity index (χ0) is 31.3. The van der Waals surface area contributed by atoms with Gasteiger partial charge in [0.15, 0.2) is 17.3 Å². The van der Waals surface area contributed by atoms with Crippen LogP contribution in [0.3, 0.4) is 0 Å². The van der Waals surface area contributed by atoms with Gasteiger partial charge in [-0.05, 0) is 73.5 Å². The number of furan rings is 1. The summed E-state index contributed by atoms with van der Waals surface area (Å²) in [6, 6.07) is 27.9. The molecule has 0 saturated heterocycles. The normalized spacial score (nSPS) is 11.2. The monoisotopic (exact) mass is 658 g/mol. The minimum absolute atomic E-state index is 0.191. The summed E-state index contributed by atoms with van der Waals surface area (Å²) in [7, 11) is 0. The van der Waals surface area contributed by atoms with Crippen molar-refractivity contribution in [1.29, 1.82) is 5.26 Å². The number of hydrogen-bond donors (Lipinski definition) is 0. The van der Waals surface area contributed by atoms with E-state index in [1.54, 1.807) is 36.6 Å². The van der Waals surface area contributed by atoms with Crippen LogP contribution < -0.4 is 15.0 Å². The van der Waals surface area contributed by atoms with Gasteiger partial charge in [-0.2, -0.15) is 15.0 Å². The lowest BCUT2D eigenvalue weighted by molar-refractivity contribution is 0.267. The fourth-order valence-corrected chi connectivity index (χ4v) is 5.41. The molecule has 6 rings (SSSR count). The SMILES string of the molecule is C=CCc1cc(C=Nn2c(-c3cc4cc(Br)ccc4o3)nc3ccccc3c2=O)cc(OCC)c1OCc1ccccc1C#N. The highest BCUT2D eigenvalue weighted by atomic mass is 79.9. The van der Waals surface area contributed by atoms with Crippen molar-refractivity contribution in [2.24, 2.45) is 5.10 Å². The highest BCUT2D eigenvalue weighted by Crippen LogP contribution is 2.35. The Morgan fingerprint density at radius 1 is 1.04 bits per heavy atom. The molecule has 0 aliphatic carbocycles. The fraction of sp³-hybridized carbons (Fsp3) is 0.111. The number of allylic oxidation sites excluding steroid dienone is 1. The number of aromatic nitrogens is 2. The molecule has 0 bridgehead atoms. The predicted molar refractivity (Wildman–Crippen MR) is 179 cm³/mol. The number of benzene rings is 4. The largest absolute Gasteiger partial charge is 0.490 e. The number of fused-ring (bicyclic) bond motifs is 2. The van der Waals surface area contributed by atoms with Gasteiger partial charge >= 0.3 is 0 Å². The molecular weight excluding hydrogens is 632 g/mol. The second-order valence-electron chi connectivity index (χ2n) is 10.1. The van der Waals surface area contributed by atoms with Gasteiger partial charge in [-0.15, -0.1) is 6.58 Å². The Bertz CT molecular complexity index is 2190. The molecular formula is C36H27BrN4O4. The maximum atomic E-state index is 13.8. The third-order valence-corrected chi connectivity index (χ3v) is 7.60. The van der Waals surface area contributed by atoms with Gasteiger partial charge in [-0.25, -0.2) is 4.98 Å². The van der Waals surface area contributed by atoms with Gasteiger partial charge in [-0.1, -0.05) is 52.3 Å². The van der Waals surface area contributed by atoms with E-state index >= 15 is 0 Å². The lowest BCUT2D eigenvalue weighted by atomic mass is 10.1. The summed E-state index contributed by atoms with van der Waals surface area (Å²) < 4.78 is 20.5. The first kappa shape index (κ1) is 29.6. The van der Waals surface area contributed by atoms with Crippen molar-refractivity contribution in [3.8, 4) is 29.2 Å². The molecule has 222 valence electrons. The molecule has 0 amide bonds. The minimum atomic E-state index is -0.332. The molecule has 0 spiro atoms. The third kappa shape index (κ3) is 6.14. The van der Waals surface area contributed by atoms with Crippen molar-refractivity contribution < 1.29 is 13.9 Å². The molecule has 0 saturated carbocycles. The second kappa shape index (κ2) is 13.0. The molecule has 0 fully saturated rings. The van der Waals surface area contributed by atoms with Crippen LogP contribution in [0.1, 0.15) is 29.2 Å². The van der Waals surface area contributed by atoms with Crippen LogP contribution >= 0.6 is 15.9 Å². The van der Waals surface area contributed by atoms with E-state index in [4.69, 9.17) is 18.9 Å². The quantitative estimate of drug-likeness (QED) is 0.109. The second-order valence-corrected chi connectivity index (χ2v) is 11.0. The molecule has 2 aromatic heterocycles. The van der Waals surface area contributed by atoms with Gasteiger partial charge in [0, 0.05) is 21.0 Å². The molecule has 0 aliphatic rings. The van der Waals surface area contributed by atoms with Gasteiger partial charge in [0.2, 0.25) is 5.82 Å². The first-order chi connectivity index (χ1) is 22.0. The van der Waals surface area contributed by atoms with E-state index < -0.39 is 0 Å². The summed E-state index contributed by atoms with van der Waals surface area (Å²) in [4.78, 5) is 18.5. The molecule has 4 aromatic carbocycles. The standard InChI is InChI=1S/C36H27BrN4O4/c1-3-9-24-16-23(17-32(43-4-2)34(24)44-22-26-11-6-5-10-25(26)20-38)21-39-41-35(40-30-13-8-7-12-29(30)36(41)42)33-19-27-18-28(37)14-15-31(27)45-33/h3,5-8,10-19,21H,1,4,9,22H2,2H3. The number of nitrogens with zero attached hydrogens (tertiary/aromatic N) is 4. The van der Waals surface area contributed by atoms with Crippen LogP contribution in [0.5, 0.6) is 11.5 Å². The maximum Gasteiger partial charge on any atom is 0.282 e. The van der Waals surface area contributed by atoms with Crippen LogP contribution in [0.2, 0.25) is 0 Å². The van der Waals surface area contributed by atoms with Crippen molar-refractivity contribution in [3.63, 3.8) is 0 Å². The first-order valence-corrected chi connectivity index (χ1v) is 15.1. The molecule has 0 aliphatic heterocycles. The highest BCUT2D eigenvalue weighted by Gasteiger charge is 2.18. The average Bonchev–Trinajstić information content (AvgIpc) is 3.47. The first-order valence-electron chi connectivity index (χ1n) is 14.3. The summed E-state index contributed by atoms with van der Waals surface area (Å²) in [5.74, 6) is 1.75. The van der Waals surface area contributed by atoms with E-state index in [2.05, 4.69) is 33.7 Å². The topological polar surface area (TPSA) is 103 Å². The van der Waals surface area contributed by atoms with Crippen LogP contribution in [0.4, 0.5) is 0 Å². The lowest BCUT2D eigenvalue weighted by Crippen LogP contribution is -2.20. The third-order valence-electron chi connectivity index (χ3n) is 7.10. The zero-order valence-electron chi connectivity index (χ0n) is 24.4. The molecule has 2 heterocycles. The molecule has 8 nitrogen and oxygen atoms in total. The number of halogens is 1. The van der Waals surface area contributed by atoms with Crippen molar-refractivity contribution in [2.45, 2.75) is 20.0 Å². The van der Waals surface area contributed by atoms with Crippen LogP contribution in [0.25, 0.3) is 33.5 Å². The van der Waals surface area contributed by atoms with E-state index in [-0.39, 0.29) is 18.0 Å². The fourth-order valence-electron chi connectivity index (χ4n) is 5.04. The van der Waals surface area contributed by atoms with Crippen LogP contribution in [0, 0.1) is 11.3 Å². The minimum Gasteiger partial charge on any atom is -0.490 e. The van der Waals surface area contributed by atoms with Crippen LogP contribution in [0.15, 0.2) is 116 Å². The summed E-state index contributed by atoms with van der Waals surface area (Å²) >= 11 is 3.50. The van der Waals surface area contributed by atoms with E-state index in [0.717, 1.165) is 21.0 Å². The van der Waals surface area contributed by atoms with Gasteiger partial charge < -0.3 is 13.9 Å². The smallest absolute Gasteiger partial charge is 0.282 e. The Morgan fingerprint density at radius 3 is 2.69 bits per heavy atom. The number of ether oxygens (including phenoxy) is 2. The Hall–Kier alpha value is -5.46. The predicted octanol–water partition coefficient (Wildman–Crippen LogP) is 8.03. The summed E-state index contributed by atoms with van der Waals surface area (Å²) in [5, 5.41) is 15.4. The molecule has 0 unspecified atom stereocenters. The molecule has 45 heavy (non-hydrogen) atoms. The number of nitriles is 1. The average molecular weight is 660 g/mol. The Labute approximate surface area is 267 Å². The van der Waals surface area contributed by atoms with E-state index in [1.165, 1.54) is 4.68 Å². The Morgan fingerprint density at radius 2 is 1.87 bits per heavy atom. The van der Waals surface area contributed by atoms with Gasteiger partial charge in [0.1, 0.15) is 12.2 Å².